The Morgan fingerprint density at radius 2 is 2.16 bits per heavy atom. The molecule has 0 saturated carbocycles. The summed E-state index contributed by atoms with van der Waals surface area (Å²) in [6, 6.07) is 6.87. The molecule has 0 aliphatic carbocycles. The number of carbonyl (C=O) groups is 1. The predicted molar refractivity (Wildman–Crippen MR) is 72.1 cm³/mol. The largest absolute Gasteiger partial charge is 0.507 e. The van der Waals surface area contributed by atoms with Crippen LogP contribution < -0.4 is 5.32 Å². The molecular weight excluding hydrogens is 244 g/mol. The van der Waals surface area contributed by atoms with Crippen LogP contribution in [0.1, 0.15) is 17.3 Å². The smallest absolute Gasteiger partial charge is 0.257 e. The van der Waals surface area contributed by atoms with Gasteiger partial charge in [-0.2, -0.15) is 0 Å². The lowest BCUT2D eigenvalue weighted by Gasteiger charge is -2.40. The first-order chi connectivity index (χ1) is 9.11. The predicted octanol–water partition coefficient (Wildman–Crippen LogP) is 0.435. The van der Waals surface area contributed by atoms with Crippen molar-refractivity contribution < 1.29 is 15.0 Å². The summed E-state index contributed by atoms with van der Waals surface area (Å²) < 4.78 is 0. The number of benzene rings is 1. The second-order valence-electron chi connectivity index (χ2n) is 5.12. The number of phenolic OH excluding ortho intramolecular Hbond substituents is 1. The average Bonchev–Trinajstić information content (AvgIpc) is 2.36. The number of aliphatic hydroxyl groups is 1. The summed E-state index contributed by atoms with van der Waals surface area (Å²) in [6.45, 7) is 4.17. The normalized spacial score (nSPS) is 17.1. The molecule has 5 heteroatoms. The van der Waals surface area contributed by atoms with Crippen LogP contribution in [0.3, 0.4) is 0 Å². The zero-order valence-electron chi connectivity index (χ0n) is 11.0. The Balaban J connectivity index is 1.81. The number of aromatic hydroxyl groups is 1. The van der Waals surface area contributed by atoms with Crippen LogP contribution in [0, 0.1) is 5.92 Å². The van der Waals surface area contributed by atoms with E-state index in [9.17, 15) is 9.90 Å². The number of nitrogens with one attached hydrogen (secondary N) is 1. The van der Waals surface area contributed by atoms with Crippen LogP contribution in [-0.4, -0.2) is 53.3 Å². The molecule has 0 bridgehead atoms. The second-order valence-corrected chi connectivity index (χ2v) is 5.12. The average molecular weight is 264 g/mol. The van der Waals surface area contributed by atoms with Gasteiger partial charge in [0.1, 0.15) is 5.75 Å². The Labute approximate surface area is 112 Å². The third kappa shape index (κ3) is 3.24. The second kappa shape index (κ2) is 6.04. The van der Waals surface area contributed by atoms with Gasteiger partial charge in [-0.05, 0) is 18.1 Å². The highest BCUT2D eigenvalue weighted by Crippen LogP contribution is 2.20. The van der Waals surface area contributed by atoms with E-state index in [2.05, 4.69) is 5.32 Å². The van der Waals surface area contributed by atoms with Gasteiger partial charge in [-0.1, -0.05) is 19.1 Å². The molecule has 0 radical (unpaired) electrons. The molecule has 19 heavy (non-hydrogen) atoms. The molecule has 0 spiro atoms. The van der Waals surface area contributed by atoms with Crippen LogP contribution in [0.5, 0.6) is 5.75 Å². The van der Waals surface area contributed by atoms with Crippen LogP contribution in [0.4, 0.5) is 0 Å². The maximum Gasteiger partial charge on any atom is 0.257 e. The SMILES string of the molecule is C[C@@H](CO)CNC1CN(C(=O)c2ccccc2O)C1. The fourth-order valence-corrected chi connectivity index (χ4v) is 2.03. The van der Waals surface area contributed by atoms with Gasteiger partial charge in [0.15, 0.2) is 0 Å². The highest BCUT2D eigenvalue weighted by atomic mass is 16.3. The van der Waals surface area contributed by atoms with Crippen molar-refractivity contribution in [3.8, 4) is 5.75 Å². The minimum atomic E-state index is -0.133. The van der Waals surface area contributed by atoms with Gasteiger partial charge >= 0.3 is 0 Å². The van der Waals surface area contributed by atoms with Gasteiger partial charge in [-0.25, -0.2) is 0 Å². The fraction of sp³-hybridized carbons (Fsp3) is 0.500. The summed E-state index contributed by atoms with van der Waals surface area (Å²) in [5, 5.41) is 21.9. The minimum Gasteiger partial charge on any atom is -0.507 e. The van der Waals surface area contributed by atoms with E-state index in [4.69, 9.17) is 5.11 Å². The van der Waals surface area contributed by atoms with E-state index >= 15 is 0 Å². The van der Waals surface area contributed by atoms with Crippen molar-refractivity contribution in [2.24, 2.45) is 5.92 Å². The zero-order chi connectivity index (χ0) is 13.8. The number of hydrogen-bond acceptors (Lipinski definition) is 4. The van der Waals surface area contributed by atoms with Crippen LogP contribution in [0.25, 0.3) is 0 Å². The lowest BCUT2D eigenvalue weighted by Crippen LogP contribution is -2.60. The standard InChI is InChI=1S/C14H20N2O3/c1-10(9-17)6-15-11-7-16(8-11)14(19)12-4-2-3-5-13(12)18/h2-5,10-11,15,17-18H,6-9H2,1H3/t10-/m1/s1. The summed E-state index contributed by atoms with van der Waals surface area (Å²) in [4.78, 5) is 13.8. The summed E-state index contributed by atoms with van der Waals surface area (Å²) in [5.41, 5.74) is 0.352. The van der Waals surface area contributed by atoms with Crippen LogP contribution >= 0.6 is 0 Å². The molecule has 104 valence electrons. The number of likely N-dealkylation sites (tertiary alicyclic amines) is 1. The molecule has 1 saturated heterocycles. The van der Waals surface area contributed by atoms with Gasteiger partial charge in [0.2, 0.25) is 0 Å². The number of carbonyl (C=O) groups excluding carboxylic acids is 1. The minimum absolute atomic E-state index is 0.0258. The van der Waals surface area contributed by atoms with Crippen LogP contribution in [0.15, 0.2) is 24.3 Å². The maximum absolute atomic E-state index is 12.1. The molecule has 1 aliphatic rings. The lowest BCUT2D eigenvalue weighted by atomic mass is 10.0. The summed E-state index contributed by atoms with van der Waals surface area (Å²) in [7, 11) is 0. The Morgan fingerprint density at radius 1 is 1.47 bits per heavy atom. The molecule has 5 nitrogen and oxygen atoms in total. The first kappa shape index (κ1) is 13.8. The van der Waals surface area contributed by atoms with Gasteiger partial charge < -0.3 is 20.4 Å². The topological polar surface area (TPSA) is 72.8 Å². The number of phenols is 1. The number of nitrogens with zero attached hydrogens (tertiary/aromatic N) is 1. The van der Waals surface area contributed by atoms with Crippen LogP contribution in [-0.2, 0) is 0 Å². The Hall–Kier alpha value is -1.59. The van der Waals surface area contributed by atoms with Crippen molar-refractivity contribution in [2.45, 2.75) is 13.0 Å². The van der Waals surface area contributed by atoms with E-state index in [0.29, 0.717) is 18.7 Å². The molecule has 1 aromatic carbocycles. The molecule has 0 unspecified atom stereocenters. The highest BCUT2D eigenvalue weighted by molar-refractivity contribution is 5.97. The quantitative estimate of drug-likeness (QED) is 0.721. The van der Waals surface area contributed by atoms with Crippen molar-refractivity contribution in [1.82, 2.24) is 10.2 Å². The fourth-order valence-electron chi connectivity index (χ4n) is 2.03. The molecular formula is C14H20N2O3. The Kier molecular flexibility index (Phi) is 4.39. The number of para-hydroxylation sites is 1. The molecule has 1 fully saturated rings. The molecule has 1 aliphatic heterocycles. The summed E-state index contributed by atoms with van der Waals surface area (Å²) in [5.74, 6) is 0.118. The van der Waals surface area contributed by atoms with E-state index in [1.807, 2.05) is 6.92 Å². The number of aliphatic hydroxyl groups excluding tert-OH is 1. The van der Waals surface area contributed by atoms with Crippen molar-refractivity contribution in [2.75, 3.05) is 26.2 Å². The van der Waals surface area contributed by atoms with E-state index in [0.717, 1.165) is 6.54 Å². The monoisotopic (exact) mass is 264 g/mol. The molecule has 1 atom stereocenters. The first-order valence-corrected chi connectivity index (χ1v) is 6.53. The van der Waals surface area contributed by atoms with Gasteiger partial charge in [0, 0.05) is 32.3 Å². The van der Waals surface area contributed by atoms with Gasteiger partial charge in [-0.3, -0.25) is 4.79 Å². The van der Waals surface area contributed by atoms with Gasteiger partial charge in [0.25, 0.3) is 5.91 Å². The van der Waals surface area contributed by atoms with Crippen molar-refractivity contribution in [3.05, 3.63) is 29.8 Å². The molecule has 1 aromatic rings. The summed E-state index contributed by atoms with van der Waals surface area (Å²) >= 11 is 0. The van der Waals surface area contributed by atoms with Gasteiger partial charge in [0.05, 0.1) is 5.56 Å². The lowest BCUT2D eigenvalue weighted by molar-refractivity contribution is 0.0556. The number of hydrogen-bond donors (Lipinski definition) is 3. The van der Waals surface area contributed by atoms with Crippen molar-refractivity contribution in [1.29, 1.82) is 0 Å². The molecule has 0 aromatic heterocycles. The van der Waals surface area contributed by atoms with E-state index in [1.165, 1.54) is 6.07 Å². The molecule has 3 N–H and O–H groups in total. The van der Waals surface area contributed by atoms with Crippen molar-refractivity contribution >= 4 is 5.91 Å². The first-order valence-electron chi connectivity index (χ1n) is 6.53. The number of rotatable bonds is 5. The van der Waals surface area contributed by atoms with Crippen LogP contribution in [0.2, 0.25) is 0 Å². The Morgan fingerprint density at radius 3 is 2.79 bits per heavy atom. The summed E-state index contributed by atoms with van der Waals surface area (Å²) in [6.07, 6.45) is 0. The number of amides is 1. The van der Waals surface area contributed by atoms with Crippen molar-refractivity contribution in [3.63, 3.8) is 0 Å². The maximum atomic E-state index is 12.1. The van der Waals surface area contributed by atoms with E-state index in [-0.39, 0.29) is 30.2 Å². The third-order valence-corrected chi connectivity index (χ3v) is 3.37. The van der Waals surface area contributed by atoms with E-state index in [1.54, 1.807) is 23.1 Å². The molecule has 1 heterocycles. The molecule has 1 amide bonds. The van der Waals surface area contributed by atoms with Gasteiger partial charge in [-0.15, -0.1) is 0 Å². The Bertz CT molecular complexity index is 444. The highest BCUT2D eigenvalue weighted by Gasteiger charge is 2.31. The van der Waals surface area contributed by atoms with E-state index < -0.39 is 0 Å². The zero-order valence-corrected chi connectivity index (χ0v) is 11.0. The third-order valence-electron chi connectivity index (χ3n) is 3.37. The molecule has 2 rings (SSSR count).